The summed E-state index contributed by atoms with van der Waals surface area (Å²) >= 11 is 5.52. The number of thiocarbonyl (C=S) groups is 1. The van der Waals surface area contributed by atoms with E-state index < -0.39 is 0 Å². The second kappa shape index (κ2) is 7.38. The monoisotopic (exact) mass is 309 g/mol. The van der Waals surface area contributed by atoms with E-state index in [1.165, 1.54) is 6.92 Å². The molecule has 1 aliphatic heterocycles. The van der Waals surface area contributed by atoms with Gasteiger partial charge in [-0.3, -0.25) is 4.79 Å². The van der Waals surface area contributed by atoms with Gasteiger partial charge < -0.3 is 19.1 Å². The van der Waals surface area contributed by atoms with Crippen LogP contribution in [0.4, 0.5) is 0 Å². The van der Waals surface area contributed by atoms with E-state index in [0.717, 1.165) is 23.6 Å². The van der Waals surface area contributed by atoms with E-state index >= 15 is 0 Å². The fraction of sp³-hybridized carbons (Fsp3) is 0.467. The van der Waals surface area contributed by atoms with Crippen LogP contribution in [-0.2, 0) is 9.53 Å². The van der Waals surface area contributed by atoms with Crippen molar-refractivity contribution in [2.75, 3.05) is 32.9 Å². The number of morpholine rings is 1. The molecule has 114 valence electrons. The smallest absolute Gasteiger partial charge is 0.308 e. The van der Waals surface area contributed by atoms with Gasteiger partial charge in [-0.25, -0.2) is 0 Å². The molecule has 5 nitrogen and oxygen atoms in total. The lowest BCUT2D eigenvalue weighted by atomic mass is 10.1. The summed E-state index contributed by atoms with van der Waals surface area (Å²) in [6, 6.07) is 5.38. The van der Waals surface area contributed by atoms with E-state index in [9.17, 15) is 4.79 Å². The van der Waals surface area contributed by atoms with Crippen LogP contribution in [0.2, 0.25) is 0 Å². The lowest BCUT2D eigenvalue weighted by Gasteiger charge is -2.29. The molecule has 1 aromatic carbocycles. The van der Waals surface area contributed by atoms with Crippen LogP contribution in [0.15, 0.2) is 18.2 Å². The molecule has 1 fully saturated rings. The summed E-state index contributed by atoms with van der Waals surface area (Å²) in [6.07, 6.45) is 0. The zero-order valence-electron chi connectivity index (χ0n) is 12.3. The Kier molecular flexibility index (Phi) is 5.52. The van der Waals surface area contributed by atoms with Crippen molar-refractivity contribution in [3.8, 4) is 11.5 Å². The Morgan fingerprint density at radius 1 is 1.33 bits per heavy atom. The van der Waals surface area contributed by atoms with Crippen molar-refractivity contribution in [1.29, 1.82) is 0 Å². The quantitative estimate of drug-likeness (QED) is 0.482. The average Bonchev–Trinajstić information content (AvgIpc) is 2.49. The molecule has 0 atom stereocenters. The molecule has 1 saturated heterocycles. The van der Waals surface area contributed by atoms with Crippen LogP contribution in [-0.4, -0.2) is 48.8 Å². The first kappa shape index (κ1) is 15.7. The van der Waals surface area contributed by atoms with Crippen molar-refractivity contribution in [1.82, 2.24) is 4.90 Å². The Morgan fingerprint density at radius 3 is 2.67 bits per heavy atom. The highest BCUT2D eigenvalue weighted by atomic mass is 32.1. The third-order valence-corrected chi connectivity index (χ3v) is 3.54. The molecule has 21 heavy (non-hydrogen) atoms. The van der Waals surface area contributed by atoms with Crippen molar-refractivity contribution < 1.29 is 19.0 Å². The SMILES string of the molecule is CCOc1cc(C(=S)N2CCOCC2)ccc1OC(C)=O. The molecular formula is C15H19NO4S. The fourth-order valence-corrected chi connectivity index (χ4v) is 2.41. The van der Waals surface area contributed by atoms with Gasteiger partial charge in [-0.1, -0.05) is 12.2 Å². The largest absolute Gasteiger partial charge is 0.490 e. The molecule has 0 saturated carbocycles. The molecule has 0 N–H and O–H groups in total. The van der Waals surface area contributed by atoms with Gasteiger partial charge in [0.05, 0.1) is 19.8 Å². The molecule has 0 spiro atoms. The maximum absolute atomic E-state index is 11.1. The maximum atomic E-state index is 11.1. The zero-order chi connectivity index (χ0) is 15.2. The highest BCUT2D eigenvalue weighted by Crippen LogP contribution is 2.29. The van der Waals surface area contributed by atoms with E-state index in [0.29, 0.717) is 31.3 Å². The Bertz CT molecular complexity index is 526. The van der Waals surface area contributed by atoms with Gasteiger partial charge in [-0.15, -0.1) is 0 Å². The predicted molar refractivity (Wildman–Crippen MR) is 83.0 cm³/mol. The van der Waals surface area contributed by atoms with Gasteiger partial charge in [-0.2, -0.15) is 0 Å². The van der Waals surface area contributed by atoms with E-state index in [4.69, 9.17) is 26.4 Å². The molecule has 0 aromatic heterocycles. The van der Waals surface area contributed by atoms with Crippen LogP contribution in [0.25, 0.3) is 0 Å². The first-order valence-corrected chi connectivity index (χ1v) is 7.35. The van der Waals surface area contributed by atoms with Crippen molar-refractivity contribution in [3.05, 3.63) is 23.8 Å². The van der Waals surface area contributed by atoms with Crippen LogP contribution in [0.3, 0.4) is 0 Å². The first-order valence-electron chi connectivity index (χ1n) is 6.94. The summed E-state index contributed by atoms with van der Waals surface area (Å²) in [6.45, 7) is 6.67. The fourth-order valence-electron chi connectivity index (χ4n) is 2.10. The lowest BCUT2D eigenvalue weighted by molar-refractivity contribution is -0.132. The second-order valence-corrected chi connectivity index (χ2v) is 4.98. The molecule has 1 heterocycles. The third-order valence-electron chi connectivity index (χ3n) is 3.04. The van der Waals surface area contributed by atoms with Crippen LogP contribution in [0, 0.1) is 0 Å². The van der Waals surface area contributed by atoms with Crippen molar-refractivity contribution >= 4 is 23.2 Å². The maximum Gasteiger partial charge on any atom is 0.308 e. The van der Waals surface area contributed by atoms with E-state index in [1.54, 1.807) is 6.07 Å². The van der Waals surface area contributed by atoms with Crippen molar-refractivity contribution in [2.24, 2.45) is 0 Å². The van der Waals surface area contributed by atoms with Crippen molar-refractivity contribution in [2.45, 2.75) is 13.8 Å². The Labute approximate surface area is 129 Å². The van der Waals surface area contributed by atoms with Gasteiger partial charge in [0.25, 0.3) is 0 Å². The predicted octanol–water partition coefficient (Wildman–Crippen LogP) is 2.02. The molecule has 0 aliphatic carbocycles. The Morgan fingerprint density at radius 2 is 2.05 bits per heavy atom. The lowest BCUT2D eigenvalue weighted by Crippen LogP contribution is -2.40. The molecular weight excluding hydrogens is 290 g/mol. The number of esters is 1. The summed E-state index contributed by atoms with van der Waals surface area (Å²) in [4.78, 5) is 14.0. The summed E-state index contributed by atoms with van der Waals surface area (Å²) in [7, 11) is 0. The number of benzene rings is 1. The first-order chi connectivity index (χ1) is 10.1. The minimum Gasteiger partial charge on any atom is -0.490 e. The number of carbonyl (C=O) groups excluding carboxylic acids is 1. The van der Waals surface area contributed by atoms with Crippen LogP contribution in [0.5, 0.6) is 11.5 Å². The molecule has 0 amide bonds. The van der Waals surface area contributed by atoms with Crippen LogP contribution >= 0.6 is 12.2 Å². The highest BCUT2D eigenvalue weighted by Gasteiger charge is 2.17. The number of hydrogen-bond donors (Lipinski definition) is 0. The number of hydrogen-bond acceptors (Lipinski definition) is 5. The standard InChI is InChI=1S/C15H19NO4S/c1-3-19-14-10-12(4-5-13(14)20-11(2)17)15(21)16-6-8-18-9-7-16/h4-5,10H,3,6-9H2,1-2H3. The van der Waals surface area contributed by atoms with Crippen LogP contribution in [0.1, 0.15) is 19.4 Å². The van der Waals surface area contributed by atoms with Gasteiger partial charge in [0.2, 0.25) is 0 Å². The van der Waals surface area contributed by atoms with Gasteiger partial charge >= 0.3 is 5.97 Å². The summed E-state index contributed by atoms with van der Waals surface area (Å²) in [5.41, 5.74) is 0.881. The normalized spacial score (nSPS) is 14.7. The molecule has 1 aromatic rings. The Hall–Kier alpha value is -1.66. The summed E-state index contributed by atoms with van der Waals surface area (Å²) < 4.78 is 16.0. The number of rotatable bonds is 4. The van der Waals surface area contributed by atoms with E-state index in [1.807, 2.05) is 19.1 Å². The minimum atomic E-state index is -0.376. The molecule has 1 aliphatic rings. The highest BCUT2D eigenvalue weighted by molar-refractivity contribution is 7.80. The molecule has 0 unspecified atom stereocenters. The molecule has 0 radical (unpaired) electrons. The number of carbonyl (C=O) groups is 1. The summed E-state index contributed by atoms with van der Waals surface area (Å²) in [5.74, 6) is 0.568. The molecule has 0 bridgehead atoms. The van der Waals surface area contributed by atoms with Gasteiger partial charge in [0.15, 0.2) is 11.5 Å². The van der Waals surface area contributed by atoms with E-state index in [-0.39, 0.29) is 5.97 Å². The second-order valence-electron chi connectivity index (χ2n) is 4.59. The topological polar surface area (TPSA) is 48.0 Å². The van der Waals surface area contributed by atoms with Gasteiger partial charge in [0.1, 0.15) is 4.99 Å². The average molecular weight is 309 g/mol. The van der Waals surface area contributed by atoms with Gasteiger partial charge in [-0.05, 0) is 25.1 Å². The third kappa shape index (κ3) is 4.15. The van der Waals surface area contributed by atoms with E-state index in [2.05, 4.69) is 4.90 Å². The van der Waals surface area contributed by atoms with Crippen LogP contribution < -0.4 is 9.47 Å². The Balaban J connectivity index is 2.21. The van der Waals surface area contributed by atoms with Gasteiger partial charge in [0, 0.05) is 25.6 Å². The summed E-state index contributed by atoms with van der Waals surface area (Å²) in [5, 5.41) is 0. The number of ether oxygens (including phenoxy) is 3. The molecule has 6 heteroatoms. The number of nitrogens with zero attached hydrogens (tertiary/aromatic N) is 1. The minimum absolute atomic E-state index is 0.376. The molecule has 2 rings (SSSR count). The van der Waals surface area contributed by atoms with Crippen molar-refractivity contribution in [3.63, 3.8) is 0 Å². The zero-order valence-corrected chi connectivity index (χ0v) is 13.1.